The Bertz CT molecular complexity index is 837. The van der Waals surface area contributed by atoms with Crippen LogP contribution >= 0.6 is 0 Å². The van der Waals surface area contributed by atoms with E-state index in [2.05, 4.69) is 6.92 Å². The average molecular weight is 379 g/mol. The zero-order chi connectivity index (χ0) is 20.1. The van der Waals surface area contributed by atoms with Crippen molar-refractivity contribution < 1.29 is 19.1 Å². The van der Waals surface area contributed by atoms with E-state index in [1.165, 1.54) is 0 Å². The van der Waals surface area contributed by atoms with Crippen molar-refractivity contribution in [3.63, 3.8) is 0 Å². The molecular formula is C23H25NO4. The molecule has 0 aliphatic carbocycles. The number of rotatable bonds is 5. The van der Waals surface area contributed by atoms with Gasteiger partial charge in [0, 0.05) is 24.2 Å². The molecule has 28 heavy (non-hydrogen) atoms. The lowest BCUT2D eigenvalue weighted by Gasteiger charge is -2.31. The van der Waals surface area contributed by atoms with E-state index in [1.54, 1.807) is 60.4 Å². The molecule has 0 unspecified atom stereocenters. The molecule has 1 atom stereocenters. The Morgan fingerprint density at radius 1 is 0.893 bits per heavy atom. The molecule has 3 rings (SSSR count). The topological polar surface area (TPSA) is 63.7 Å². The molecule has 0 spiro atoms. The summed E-state index contributed by atoms with van der Waals surface area (Å²) < 4.78 is 5.35. The van der Waals surface area contributed by atoms with Crippen LogP contribution in [0.3, 0.4) is 0 Å². The molecular weight excluding hydrogens is 354 g/mol. The maximum absolute atomic E-state index is 12.5. The van der Waals surface area contributed by atoms with Crippen LogP contribution in [0.25, 0.3) is 0 Å². The fourth-order valence-electron chi connectivity index (χ4n) is 3.28. The van der Waals surface area contributed by atoms with Crippen LogP contribution in [-0.2, 0) is 9.53 Å². The van der Waals surface area contributed by atoms with Crippen LogP contribution in [0.4, 0.5) is 0 Å². The van der Waals surface area contributed by atoms with Gasteiger partial charge in [0.2, 0.25) is 0 Å². The number of carbonyl (C=O) groups excluding carboxylic acids is 3. The molecule has 146 valence electrons. The molecule has 0 saturated carbocycles. The quantitative estimate of drug-likeness (QED) is 0.587. The second-order valence-corrected chi connectivity index (χ2v) is 7.33. The Morgan fingerprint density at radius 3 is 2.04 bits per heavy atom. The lowest BCUT2D eigenvalue weighted by molar-refractivity contribution is -0.141. The minimum Gasteiger partial charge on any atom is -0.449 e. The molecule has 5 nitrogen and oxygen atoms in total. The zero-order valence-corrected chi connectivity index (χ0v) is 16.3. The highest BCUT2D eigenvalue weighted by molar-refractivity contribution is 6.09. The summed E-state index contributed by atoms with van der Waals surface area (Å²) in [7, 11) is 0. The van der Waals surface area contributed by atoms with Gasteiger partial charge < -0.3 is 9.64 Å². The van der Waals surface area contributed by atoms with Crippen molar-refractivity contribution in [2.75, 3.05) is 13.1 Å². The summed E-state index contributed by atoms with van der Waals surface area (Å²) in [4.78, 5) is 39.0. The summed E-state index contributed by atoms with van der Waals surface area (Å²) in [6.45, 7) is 5.19. The molecule has 0 aromatic heterocycles. The predicted octanol–water partition coefficient (Wildman–Crippen LogP) is 3.72. The number of ketones is 1. The molecule has 1 amide bonds. The number of hydrogen-bond donors (Lipinski definition) is 0. The Balaban J connectivity index is 1.60. The summed E-state index contributed by atoms with van der Waals surface area (Å²) >= 11 is 0. The third-order valence-corrected chi connectivity index (χ3v) is 5.15. The van der Waals surface area contributed by atoms with Crippen molar-refractivity contribution in [1.29, 1.82) is 0 Å². The fourth-order valence-corrected chi connectivity index (χ4v) is 3.28. The van der Waals surface area contributed by atoms with Gasteiger partial charge in [0.1, 0.15) is 0 Å². The minimum atomic E-state index is -0.827. The molecule has 1 heterocycles. The van der Waals surface area contributed by atoms with Gasteiger partial charge >= 0.3 is 5.97 Å². The summed E-state index contributed by atoms with van der Waals surface area (Å²) in [6.07, 6.45) is 1.12. The van der Waals surface area contributed by atoms with Crippen LogP contribution in [0.5, 0.6) is 0 Å². The maximum Gasteiger partial charge on any atom is 0.338 e. The molecule has 1 fully saturated rings. The molecule has 1 saturated heterocycles. The van der Waals surface area contributed by atoms with E-state index in [-0.39, 0.29) is 11.7 Å². The summed E-state index contributed by atoms with van der Waals surface area (Å²) in [5.41, 5.74) is 1.40. The maximum atomic E-state index is 12.5. The summed E-state index contributed by atoms with van der Waals surface area (Å²) in [5.74, 6) is -0.205. The third-order valence-electron chi connectivity index (χ3n) is 5.15. The Labute approximate surface area is 165 Å². The highest BCUT2D eigenvalue weighted by Crippen LogP contribution is 2.18. The number of benzene rings is 2. The second-order valence-electron chi connectivity index (χ2n) is 7.33. The second kappa shape index (κ2) is 8.83. The standard InChI is InChI=1S/C23H25NO4/c1-16-12-14-24(15-13-16)22(26)17(2)28-23(27)20-10-8-19(9-11-20)21(25)18-6-4-3-5-7-18/h3-11,16-17H,12-15H2,1-2H3/t17-/m1/s1. The number of piperidine rings is 1. The van der Waals surface area contributed by atoms with Crippen LogP contribution in [-0.4, -0.2) is 41.8 Å². The Hall–Kier alpha value is -2.95. The first-order valence-electron chi connectivity index (χ1n) is 9.65. The minimum absolute atomic E-state index is 0.108. The number of ether oxygens (including phenoxy) is 1. The SMILES string of the molecule is CC1CCN(C(=O)[C@@H](C)OC(=O)c2ccc(C(=O)c3ccccc3)cc2)CC1. The van der Waals surface area contributed by atoms with Crippen LogP contribution in [0, 0.1) is 5.92 Å². The molecule has 0 radical (unpaired) electrons. The van der Waals surface area contributed by atoms with Crippen LogP contribution in [0.15, 0.2) is 54.6 Å². The molecule has 2 aromatic rings. The molecule has 1 aliphatic heterocycles. The van der Waals surface area contributed by atoms with Crippen molar-refractivity contribution in [1.82, 2.24) is 4.90 Å². The van der Waals surface area contributed by atoms with E-state index in [4.69, 9.17) is 4.74 Å². The largest absolute Gasteiger partial charge is 0.449 e. The first kappa shape index (κ1) is 19.8. The number of amides is 1. The van der Waals surface area contributed by atoms with E-state index in [1.807, 2.05) is 6.07 Å². The summed E-state index contributed by atoms with van der Waals surface area (Å²) in [5, 5.41) is 0. The van der Waals surface area contributed by atoms with Crippen LogP contribution in [0.2, 0.25) is 0 Å². The van der Waals surface area contributed by atoms with Crippen LogP contribution in [0.1, 0.15) is 53.0 Å². The van der Waals surface area contributed by atoms with Crippen molar-refractivity contribution in [3.8, 4) is 0 Å². The van der Waals surface area contributed by atoms with Gasteiger partial charge in [-0.25, -0.2) is 4.79 Å². The number of hydrogen-bond acceptors (Lipinski definition) is 4. The van der Waals surface area contributed by atoms with Gasteiger partial charge in [0.25, 0.3) is 5.91 Å². The number of nitrogens with zero attached hydrogens (tertiary/aromatic N) is 1. The lowest BCUT2D eigenvalue weighted by atomic mass is 9.99. The molecule has 1 aliphatic rings. The van der Waals surface area contributed by atoms with Gasteiger partial charge in [0.15, 0.2) is 11.9 Å². The third kappa shape index (κ3) is 4.66. The van der Waals surface area contributed by atoms with Crippen LogP contribution < -0.4 is 0 Å². The predicted molar refractivity (Wildman–Crippen MR) is 106 cm³/mol. The number of esters is 1. The first-order valence-corrected chi connectivity index (χ1v) is 9.65. The normalized spacial score (nSPS) is 15.7. The van der Waals surface area contributed by atoms with E-state index in [9.17, 15) is 14.4 Å². The molecule has 2 aromatic carbocycles. The van der Waals surface area contributed by atoms with Gasteiger partial charge in [-0.05, 0) is 37.8 Å². The molecule has 5 heteroatoms. The lowest BCUT2D eigenvalue weighted by Crippen LogP contribution is -2.44. The highest BCUT2D eigenvalue weighted by Gasteiger charge is 2.27. The molecule has 0 N–H and O–H groups in total. The highest BCUT2D eigenvalue weighted by atomic mass is 16.5. The average Bonchev–Trinajstić information content (AvgIpc) is 2.74. The van der Waals surface area contributed by atoms with Crippen molar-refractivity contribution in [2.45, 2.75) is 32.8 Å². The van der Waals surface area contributed by atoms with E-state index in [0.717, 1.165) is 12.8 Å². The smallest absolute Gasteiger partial charge is 0.338 e. The van der Waals surface area contributed by atoms with Gasteiger partial charge in [-0.1, -0.05) is 49.4 Å². The van der Waals surface area contributed by atoms with Gasteiger partial charge in [-0.2, -0.15) is 0 Å². The zero-order valence-electron chi connectivity index (χ0n) is 16.3. The fraction of sp³-hybridized carbons (Fsp3) is 0.348. The number of likely N-dealkylation sites (tertiary alicyclic amines) is 1. The van der Waals surface area contributed by atoms with Crippen molar-refractivity contribution >= 4 is 17.7 Å². The van der Waals surface area contributed by atoms with E-state index >= 15 is 0 Å². The van der Waals surface area contributed by atoms with Crippen molar-refractivity contribution in [2.24, 2.45) is 5.92 Å². The van der Waals surface area contributed by atoms with Crippen molar-refractivity contribution in [3.05, 3.63) is 71.3 Å². The Morgan fingerprint density at radius 2 is 1.43 bits per heavy atom. The Kier molecular flexibility index (Phi) is 6.24. The monoisotopic (exact) mass is 379 g/mol. The van der Waals surface area contributed by atoms with Gasteiger partial charge in [0.05, 0.1) is 5.56 Å². The first-order chi connectivity index (χ1) is 13.5. The summed E-state index contributed by atoms with van der Waals surface area (Å²) in [6, 6.07) is 15.3. The van der Waals surface area contributed by atoms with Gasteiger partial charge in [-0.3, -0.25) is 9.59 Å². The number of carbonyl (C=O) groups is 3. The van der Waals surface area contributed by atoms with E-state index < -0.39 is 12.1 Å². The van der Waals surface area contributed by atoms with E-state index in [0.29, 0.717) is 35.7 Å². The molecule has 0 bridgehead atoms. The van der Waals surface area contributed by atoms with Gasteiger partial charge in [-0.15, -0.1) is 0 Å².